The highest BCUT2D eigenvalue weighted by Crippen LogP contribution is 2.36. The third-order valence-electron chi connectivity index (χ3n) is 1.75. The number of hydrogen-bond donors (Lipinski definition) is 0. The van der Waals surface area contributed by atoms with Crippen LogP contribution in [-0.4, -0.2) is 19.9 Å². The first-order valence-electron chi connectivity index (χ1n) is 3.81. The minimum absolute atomic E-state index is 0.704. The molecule has 1 rings (SSSR count). The van der Waals surface area contributed by atoms with Crippen molar-refractivity contribution in [1.82, 2.24) is 0 Å². The van der Waals surface area contributed by atoms with Crippen LogP contribution in [0.25, 0.3) is 0 Å². The Labute approximate surface area is 90.4 Å². The number of rotatable bonds is 4. The standard InChI is InChI=1S/C8H10ClNOS2/c1-3-10(2)8-4-6(13-9)7(5-11)12-8/h4-5H,3H2,1-2H3. The maximum Gasteiger partial charge on any atom is 0.161 e. The highest BCUT2D eigenvalue weighted by atomic mass is 35.7. The van der Waals surface area contributed by atoms with E-state index in [0.717, 1.165) is 33.7 Å². The van der Waals surface area contributed by atoms with Gasteiger partial charge in [0.1, 0.15) is 0 Å². The molecular weight excluding hydrogens is 226 g/mol. The van der Waals surface area contributed by atoms with Gasteiger partial charge in [0.15, 0.2) is 6.29 Å². The molecule has 0 fully saturated rings. The summed E-state index contributed by atoms with van der Waals surface area (Å²) in [5, 5.41) is 1.08. The molecule has 1 heterocycles. The summed E-state index contributed by atoms with van der Waals surface area (Å²) in [6, 6.07) is 1.94. The third-order valence-corrected chi connectivity index (χ3v) is 4.06. The summed E-state index contributed by atoms with van der Waals surface area (Å²) in [5.74, 6) is 0. The number of aldehydes is 1. The lowest BCUT2D eigenvalue weighted by Crippen LogP contribution is -2.13. The molecule has 1 aromatic rings. The molecule has 5 heteroatoms. The predicted octanol–water partition coefficient (Wildman–Crippen LogP) is 3.26. The van der Waals surface area contributed by atoms with Gasteiger partial charge in [-0.1, -0.05) is 0 Å². The van der Waals surface area contributed by atoms with Crippen molar-refractivity contribution in [2.45, 2.75) is 11.8 Å². The Morgan fingerprint density at radius 3 is 2.85 bits per heavy atom. The topological polar surface area (TPSA) is 20.3 Å². The van der Waals surface area contributed by atoms with Crippen LogP contribution in [0.2, 0.25) is 0 Å². The predicted molar refractivity (Wildman–Crippen MR) is 60.4 cm³/mol. The molecule has 0 aliphatic heterocycles. The van der Waals surface area contributed by atoms with E-state index in [-0.39, 0.29) is 0 Å². The van der Waals surface area contributed by atoms with Crippen LogP contribution in [0.1, 0.15) is 16.6 Å². The van der Waals surface area contributed by atoms with Crippen molar-refractivity contribution in [3.63, 3.8) is 0 Å². The van der Waals surface area contributed by atoms with Crippen molar-refractivity contribution in [3.8, 4) is 0 Å². The normalized spacial score (nSPS) is 10.1. The van der Waals surface area contributed by atoms with E-state index in [4.69, 9.17) is 10.7 Å². The molecule has 0 aliphatic rings. The average molecular weight is 236 g/mol. The lowest BCUT2D eigenvalue weighted by molar-refractivity contribution is 0.112. The summed E-state index contributed by atoms with van der Waals surface area (Å²) < 4.78 is 0. The molecule has 0 N–H and O–H groups in total. The Morgan fingerprint density at radius 2 is 2.46 bits per heavy atom. The summed E-state index contributed by atoms with van der Waals surface area (Å²) in [6.45, 7) is 2.99. The first kappa shape index (κ1) is 10.9. The van der Waals surface area contributed by atoms with Gasteiger partial charge in [-0.3, -0.25) is 4.79 Å². The quantitative estimate of drug-likeness (QED) is 0.748. The molecular formula is C8H10ClNOS2. The molecule has 0 atom stereocenters. The maximum atomic E-state index is 10.6. The Hall–Kier alpha value is -0.190. The van der Waals surface area contributed by atoms with Crippen LogP contribution < -0.4 is 4.90 Å². The summed E-state index contributed by atoms with van der Waals surface area (Å²) in [4.78, 5) is 14.3. The zero-order chi connectivity index (χ0) is 9.84. The van der Waals surface area contributed by atoms with Crippen molar-refractivity contribution >= 4 is 44.3 Å². The smallest absolute Gasteiger partial charge is 0.161 e. The van der Waals surface area contributed by atoms with E-state index in [1.807, 2.05) is 13.1 Å². The van der Waals surface area contributed by atoms with Crippen LogP contribution in [0.3, 0.4) is 0 Å². The van der Waals surface area contributed by atoms with Gasteiger partial charge in [-0.2, -0.15) is 0 Å². The fourth-order valence-corrected chi connectivity index (χ4v) is 2.88. The Balaban J connectivity index is 2.98. The van der Waals surface area contributed by atoms with Crippen LogP contribution >= 0.6 is 33.0 Å². The van der Waals surface area contributed by atoms with E-state index in [9.17, 15) is 4.79 Å². The van der Waals surface area contributed by atoms with E-state index in [1.54, 1.807) is 0 Å². The van der Waals surface area contributed by atoms with E-state index in [0.29, 0.717) is 4.88 Å². The highest BCUT2D eigenvalue weighted by molar-refractivity contribution is 8.21. The van der Waals surface area contributed by atoms with Gasteiger partial charge in [0.25, 0.3) is 0 Å². The van der Waals surface area contributed by atoms with Gasteiger partial charge >= 0.3 is 0 Å². The number of anilines is 1. The first-order valence-corrected chi connectivity index (χ1v) is 6.27. The van der Waals surface area contributed by atoms with Crippen LogP contribution in [0.4, 0.5) is 5.00 Å². The minimum Gasteiger partial charge on any atom is -0.367 e. The van der Waals surface area contributed by atoms with Crippen molar-refractivity contribution in [3.05, 3.63) is 10.9 Å². The molecule has 0 unspecified atom stereocenters. The highest BCUT2D eigenvalue weighted by Gasteiger charge is 2.10. The molecule has 0 bridgehead atoms. The van der Waals surface area contributed by atoms with Crippen LogP contribution in [0.5, 0.6) is 0 Å². The van der Waals surface area contributed by atoms with Gasteiger partial charge in [0.2, 0.25) is 0 Å². The fourth-order valence-electron chi connectivity index (χ4n) is 0.862. The van der Waals surface area contributed by atoms with E-state index in [1.165, 1.54) is 11.3 Å². The zero-order valence-corrected chi connectivity index (χ0v) is 9.80. The van der Waals surface area contributed by atoms with Crippen LogP contribution in [0.15, 0.2) is 11.0 Å². The third kappa shape index (κ3) is 2.39. The van der Waals surface area contributed by atoms with Gasteiger partial charge in [-0.05, 0) is 34.6 Å². The second kappa shape index (κ2) is 4.88. The second-order valence-corrected chi connectivity index (χ2v) is 4.64. The SMILES string of the molecule is CCN(C)c1cc(SCl)c(C=O)s1. The molecule has 72 valence electrons. The molecule has 0 aromatic carbocycles. The lowest BCUT2D eigenvalue weighted by Gasteiger charge is -2.12. The van der Waals surface area contributed by atoms with Gasteiger partial charge in [0, 0.05) is 18.5 Å². The van der Waals surface area contributed by atoms with Gasteiger partial charge < -0.3 is 4.90 Å². The number of hydrogen-bond acceptors (Lipinski definition) is 4. The van der Waals surface area contributed by atoms with E-state index in [2.05, 4.69) is 11.8 Å². The molecule has 2 nitrogen and oxygen atoms in total. The number of carbonyl (C=O) groups excluding carboxylic acids is 1. The molecule has 0 saturated carbocycles. The number of thiophene rings is 1. The van der Waals surface area contributed by atoms with E-state index < -0.39 is 0 Å². The first-order chi connectivity index (χ1) is 6.22. The van der Waals surface area contributed by atoms with Crippen molar-refractivity contribution in [2.75, 3.05) is 18.5 Å². The molecule has 0 spiro atoms. The summed E-state index contributed by atoms with van der Waals surface area (Å²) in [6.07, 6.45) is 0.850. The second-order valence-electron chi connectivity index (χ2n) is 2.52. The molecule has 0 aliphatic carbocycles. The Bertz CT molecular complexity index is 300. The van der Waals surface area contributed by atoms with E-state index >= 15 is 0 Å². The fraction of sp³-hybridized carbons (Fsp3) is 0.375. The minimum atomic E-state index is 0.704. The Kier molecular flexibility index (Phi) is 4.09. The summed E-state index contributed by atoms with van der Waals surface area (Å²) in [5.41, 5.74) is 0. The van der Waals surface area contributed by atoms with Crippen LogP contribution in [0, 0.1) is 0 Å². The monoisotopic (exact) mass is 235 g/mol. The zero-order valence-electron chi connectivity index (χ0n) is 7.41. The van der Waals surface area contributed by atoms with Crippen molar-refractivity contribution in [2.24, 2.45) is 0 Å². The van der Waals surface area contributed by atoms with Gasteiger partial charge in [0.05, 0.1) is 9.88 Å². The van der Waals surface area contributed by atoms with Crippen molar-refractivity contribution < 1.29 is 4.79 Å². The number of carbonyl (C=O) groups is 1. The summed E-state index contributed by atoms with van der Waals surface area (Å²) >= 11 is 1.47. The maximum absolute atomic E-state index is 10.6. The van der Waals surface area contributed by atoms with Crippen LogP contribution in [-0.2, 0) is 0 Å². The summed E-state index contributed by atoms with van der Waals surface area (Å²) in [7, 11) is 8.70. The number of nitrogens with zero attached hydrogens (tertiary/aromatic N) is 1. The Morgan fingerprint density at radius 1 is 1.77 bits per heavy atom. The van der Waals surface area contributed by atoms with Gasteiger partial charge in [-0.25, -0.2) is 0 Å². The molecule has 0 amide bonds. The molecule has 13 heavy (non-hydrogen) atoms. The molecule has 0 saturated heterocycles. The average Bonchev–Trinajstić information content (AvgIpc) is 2.59. The van der Waals surface area contributed by atoms with Crippen molar-refractivity contribution in [1.29, 1.82) is 0 Å². The lowest BCUT2D eigenvalue weighted by atomic mass is 10.5. The molecule has 0 radical (unpaired) electrons. The number of halogens is 1. The molecule has 1 aromatic heterocycles. The van der Waals surface area contributed by atoms with Gasteiger partial charge in [-0.15, -0.1) is 11.3 Å². The largest absolute Gasteiger partial charge is 0.367 e.